The van der Waals surface area contributed by atoms with E-state index < -0.39 is 23.2 Å². The van der Waals surface area contributed by atoms with E-state index >= 15 is 0 Å². The predicted octanol–water partition coefficient (Wildman–Crippen LogP) is 3.85. The van der Waals surface area contributed by atoms with Gasteiger partial charge in [-0.2, -0.15) is 0 Å². The van der Waals surface area contributed by atoms with Gasteiger partial charge in [-0.25, -0.2) is 0 Å². The number of phenols is 4. The van der Waals surface area contributed by atoms with Crippen LogP contribution >= 0.6 is 0 Å². The van der Waals surface area contributed by atoms with Crippen molar-refractivity contribution < 1.29 is 35.1 Å². The molecule has 1 heterocycles. The van der Waals surface area contributed by atoms with Crippen LogP contribution in [0.3, 0.4) is 0 Å². The molecule has 0 spiro atoms. The van der Waals surface area contributed by atoms with Crippen molar-refractivity contribution in [1.82, 2.24) is 0 Å². The molecular formula is C23H28O7. The van der Waals surface area contributed by atoms with Crippen LogP contribution in [0.2, 0.25) is 0 Å². The zero-order valence-electron chi connectivity index (χ0n) is 17.0. The van der Waals surface area contributed by atoms with E-state index in [0.29, 0.717) is 12.0 Å². The number of carbonyl (C=O) groups excluding carboxylic acids is 1. The number of benzene rings is 2. The number of fused-ring (bicyclic) bond motifs is 1. The zero-order chi connectivity index (χ0) is 21.9. The lowest BCUT2D eigenvalue weighted by Crippen LogP contribution is -2.51. The summed E-state index contributed by atoms with van der Waals surface area (Å²) in [5.74, 6) is -1.51. The molecule has 0 saturated heterocycles. The van der Waals surface area contributed by atoms with Gasteiger partial charge in [-0.15, -0.1) is 0 Å². The number of carbonyl (C=O) groups is 1. The van der Waals surface area contributed by atoms with Crippen LogP contribution in [0.4, 0.5) is 0 Å². The molecular weight excluding hydrogens is 388 g/mol. The van der Waals surface area contributed by atoms with Gasteiger partial charge in [0, 0.05) is 30.5 Å². The molecule has 1 aliphatic heterocycles. The van der Waals surface area contributed by atoms with Crippen molar-refractivity contribution in [2.45, 2.75) is 63.6 Å². The van der Waals surface area contributed by atoms with Crippen molar-refractivity contribution in [2.75, 3.05) is 0 Å². The van der Waals surface area contributed by atoms with E-state index in [9.17, 15) is 30.3 Å². The molecule has 7 nitrogen and oxygen atoms in total. The van der Waals surface area contributed by atoms with Gasteiger partial charge in [-0.3, -0.25) is 4.79 Å². The standard InChI is InChI=1S/C23H28O7/c1-2-3-4-5-6-7-21(28)23(29)13-16-18(26)11-15(24)12-20(16)30-22(23)14-8-9-17(25)19(27)10-14/h8-12,22,24-27,29H,2-7,13H2,1H3. The SMILES string of the molecule is CCCCCCCC(=O)C1(O)Cc2c(O)cc(O)cc2OC1c1ccc(O)c(O)c1. The van der Waals surface area contributed by atoms with E-state index in [0.717, 1.165) is 31.7 Å². The molecule has 0 saturated carbocycles. The number of phenolic OH excluding ortho intramolecular Hbond substituents is 4. The quantitative estimate of drug-likeness (QED) is 0.327. The van der Waals surface area contributed by atoms with Crippen LogP contribution < -0.4 is 4.74 Å². The van der Waals surface area contributed by atoms with E-state index in [4.69, 9.17) is 4.74 Å². The lowest BCUT2D eigenvalue weighted by atomic mass is 9.78. The molecule has 2 unspecified atom stereocenters. The second-order valence-electron chi connectivity index (χ2n) is 7.88. The van der Waals surface area contributed by atoms with Crippen LogP contribution in [0.25, 0.3) is 0 Å². The highest BCUT2D eigenvalue weighted by molar-refractivity contribution is 5.89. The summed E-state index contributed by atoms with van der Waals surface area (Å²) in [4.78, 5) is 13.1. The Morgan fingerprint density at radius 1 is 1.00 bits per heavy atom. The van der Waals surface area contributed by atoms with Crippen molar-refractivity contribution in [1.29, 1.82) is 0 Å². The second-order valence-corrected chi connectivity index (χ2v) is 7.88. The topological polar surface area (TPSA) is 127 Å². The molecule has 2 atom stereocenters. The van der Waals surface area contributed by atoms with Gasteiger partial charge in [-0.1, -0.05) is 38.7 Å². The summed E-state index contributed by atoms with van der Waals surface area (Å²) < 4.78 is 5.87. The normalized spacial score (nSPS) is 20.4. The van der Waals surface area contributed by atoms with Crippen LogP contribution in [0.1, 0.15) is 62.7 Å². The fourth-order valence-electron chi connectivity index (χ4n) is 3.88. The highest BCUT2D eigenvalue weighted by atomic mass is 16.5. The van der Waals surface area contributed by atoms with Crippen LogP contribution in [0.15, 0.2) is 30.3 Å². The van der Waals surface area contributed by atoms with Crippen LogP contribution in [0.5, 0.6) is 28.7 Å². The molecule has 1 aliphatic rings. The Morgan fingerprint density at radius 2 is 1.73 bits per heavy atom. The van der Waals surface area contributed by atoms with Gasteiger partial charge < -0.3 is 30.3 Å². The summed E-state index contributed by atoms with van der Waals surface area (Å²) in [5, 5.41) is 51.0. The van der Waals surface area contributed by atoms with E-state index in [-0.39, 0.29) is 41.4 Å². The summed E-state index contributed by atoms with van der Waals surface area (Å²) >= 11 is 0. The predicted molar refractivity (Wildman–Crippen MR) is 110 cm³/mol. The molecule has 30 heavy (non-hydrogen) atoms. The van der Waals surface area contributed by atoms with E-state index in [1.54, 1.807) is 0 Å². The van der Waals surface area contributed by atoms with Gasteiger partial charge in [0.15, 0.2) is 29.0 Å². The van der Waals surface area contributed by atoms with E-state index in [1.165, 1.54) is 24.3 Å². The van der Waals surface area contributed by atoms with Gasteiger partial charge in [-0.05, 0) is 24.1 Å². The lowest BCUT2D eigenvalue weighted by molar-refractivity contribution is -0.151. The van der Waals surface area contributed by atoms with Crippen LogP contribution in [-0.4, -0.2) is 36.9 Å². The first kappa shape index (κ1) is 21.8. The summed E-state index contributed by atoms with van der Waals surface area (Å²) in [7, 11) is 0. The maximum atomic E-state index is 13.1. The van der Waals surface area contributed by atoms with Crippen LogP contribution in [0, 0.1) is 0 Å². The Morgan fingerprint density at radius 3 is 2.43 bits per heavy atom. The number of unbranched alkanes of at least 4 members (excludes halogenated alkanes) is 4. The van der Waals surface area contributed by atoms with Gasteiger partial charge in [0.25, 0.3) is 0 Å². The number of rotatable bonds is 8. The Labute approximate surface area is 175 Å². The first-order chi connectivity index (χ1) is 14.3. The lowest BCUT2D eigenvalue weighted by Gasteiger charge is -2.40. The van der Waals surface area contributed by atoms with Gasteiger partial charge in [0.05, 0.1) is 0 Å². The molecule has 2 aromatic rings. The molecule has 0 aliphatic carbocycles. The highest BCUT2D eigenvalue weighted by Crippen LogP contribution is 2.47. The van der Waals surface area contributed by atoms with E-state index in [1.807, 2.05) is 0 Å². The fourth-order valence-corrected chi connectivity index (χ4v) is 3.88. The van der Waals surface area contributed by atoms with Crippen LogP contribution in [-0.2, 0) is 11.2 Å². The Balaban J connectivity index is 1.95. The average molecular weight is 416 g/mol. The van der Waals surface area contributed by atoms with Crippen molar-refractivity contribution in [2.24, 2.45) is 0 Å². The number of hydrogen-bond acceptors (Lipinski definition) is 7. The molecule has 7 heteroatoms. The summed E-state index contributed by atoms with van der Waals surface area (Å²) in [6.45, 7) is 2.10. The minimum absolute atomic E-state index is 0.144. The first-order valence-corrected chi connectivity index (χ1v) is 10.2. The molecule has 162 valence electrons. The average Bonchev–Trinajstić information content (AvgIpc) is 2.70. The Kier molecular flexibility index (Phi) is 6.41. The molecule has 0 amide bonds. The van der Waals surface area contributed by atoms with Crippen molar-refractivity contribution in [3.05, 3.63) is 41.5 Å². The van der Waals surface area contributed by atoms with Gasteiger partial charge in [0.2, 0.25) is 0 Å². The van der Waals surface area contributed by atoms with Gasteiger partial charge >= 0.3 is 0 Å². The summed E-state index contributed by atoms with van der Waals surface area (Å²) in [6.07, 6.45) is 3.45. The van der Waals surface area contributed by atoms with Crippen molar-refractivity contribution in [3.8, 4) is 28.7 Å². The van der Waals surface area contributed by atoms with Crippen molar-refractivity contribution >= 4 is 5.78 Å². The minimum Gasteiger partial charge on any atom is -0.508 e. The molecule has 0 aromatic heterocycles. The molecule has 0 radical (unpaired) electrons. The second kappa shape index (κ2) is 8.83. The maximum absolute atomic E-state index is 13.1. The molecule has 2 aromatic carbocycles. The number of hydrogen-bond donors (Lipinski definition) is 5. The third-order valence-electron chi connectivity index (χ3n) is 5.59. The molecule has 5 N–H and O–H groups in total. The number of Topliss-reactive ketones (excluding diaryl/α,β-unsaturated/α-hetero) is 1. The van der Waals surface area contributed by atoms with Crippen molar-refractivity contribution in [3.63, 3.8) is 0 Å². The third-order valence-corrected chi connectivity index (χ3v) is 5.59. The molecule has 0 bridgehead atoms. The zero-order valence-corrected chi connectivity index (χ0v) is 17.0. The number of ketones is 1. The number of aromatic hydroxyl groups is 4. The van der Waals surface area contributed by atoms with E-state index in [2.05, 4.69) is 6.92 Å². The van der Waals surface area contributed by atoms with Gasteiger partial charge in [0.1, 0.15) is 17.2 Å². The first-order valence-electron chi connectivity index (χ1n) is 10.2. The Hall–Kier alpha value is -2.93. The minimum atomic E-state index is -1.98. The highest BCUT2D eigenvalue weighted by Gasteiger charge is 2.50. The summed E-state index contributed by atoms with van der Waals surface area (Å²) in [5.41, 5.74) is -1.45. The smallest absolute Gasteiger partial charge is 0.168 e. The molecule has 3 rings (SSSR count). The summed E-state index contributed by atoms with van der Waals surface area (Å²) in [6, 6.07) is 6.36. The fraction of sp³-hybridized carbons (Fsp3) is 0.435. The molecule has 0 fully saturated rings. The maximum Gasteiger partial charge on any atom is 0.168 e. The Bertz CT molecular complexity index is 924. The number of aliphatic hydroxyl groups is 1. The number of ether oxygens (including phenoxy) is 1. The monoisotopic (exact) mass is 416 g/mol. The third kappa shape index (κ3) is 4.31. The largest absolute Gasteiger partial charge is 0.508 e.